The fourth-order valence-electron chi connectivity index (χ4n) is 3.31. The summed E-state index contributed by atoms with van der Waals surface area (Å²) in [5.41, 5.74) is 2.15. The molecule has 1 heterocycles. The zero-order chi connectivity index (χ0) is 24.1. The molecule has 4 rings (SSSR count). The topological polar surface area (TPSA) is 88.6 Å². The third kappa shape index (κ3) is 5.07. The molecule has 172 valence electrons. The number of carbonyl (C=O) groups is 1. The van der Waals surface area contributed by atoms with Crippen LogP contribution in [0.2, 0.25) is 0 Å². The van der Waals surface area contributed by atoms with Gasteiger partial charge in [0, 0.05) is 24.5 Å². The third-order valence-corrected chi connectivity index (χ3v) is 6.95. The molecule has 0 saturated carbocycles. The number of anilines is 2. The van der Waals surface area contributed by atoms with E-state index in [1.165, 1.54) is 23.5 Å². The highest BCUT2D eigenvalue weighted by atomic mass is 32.2. The Labute approximate surface area is 198 Å². The number of para-hydroxylation sites is 1. The second-order valence-corrected chi connectivity index (χ2v) is 9.53. The van der Waals surface area contributed by atoms with Gasteiger partial charge in [-0.1, -0.05) is 24.3 Å². The Morgan fingerprint density at radius 3 is 2.44 bits per heavy atom. The van der Waals surface area contributed by atoms with Crippen LogP contribution in [0.25, 0.3) is 0 Å². The largest absolute Gasteiger partial charge is 0.455 e. The Bertz CT molecular complexity index is 1410. The summed E-state index contributed by atoms with van der Waals surface area (Å²) >= 11 is 0. The van der Waals surface area contributed by atoms with Crippen molar-refractivity contribution in [3.05, 3.63) is 108 Å². The molecule has 0 radical (unpaired) electrons. The minimum absolute atomic E-state index is 0.0305. The van der Waals surface area contributed by atoms with Crippen LogP contribution in [0.15, 0.2) is 102 Å². The van der Waals surface area contributed by atoms with E-state index < -0.39 is 15.9 Å². The van der Waals surface area contributed by atoms with Crippen LogP contribution in [0, 0.1) is 6.92 Å². The second kappa shape index (κ2) is 9.76. The average molecular weight is 474 g/mol. The van der Waals surface area contributed by atoms with Crippen LogP contribution < -0.4 is 14.4 Å². The van der Waals surface area contributed by atoms with Gasteiger partial charge in [0.05, 0.1) is 16.8 Å². The van der Waals surface area contributed by atoms with E-state index in [9.17, 15) is 13.2 Å². The molecule has 3 aromatic carbocycles. The summed E-state index contributed by atoms with van der Waals surface area (Å²) in [5.74, 6) is 0.837. The number of hydrogen-bond acceptors (Lipinski definition) is 5. The number of nitrogens with zero attached hydrogens (tertiary/aromatic N) is 2. The third-order valence-electron chi connectivity index (χ3n) is 5.17. The Morgan fingerprint density at radius 1 is 0.941 bits per heavy atom. The molecule has 1 amide bonds. The first-order valence-electron chi connectivity index (χ1n) is 10.5. The molecule has 7 nitrogen and oxygen atoms in total. The fourth-order valence-corrected chi connectivity index (χ4v) is 4.55. The number of benzene rings is 3. The minimum Gasteiger partial charge on any atom is -0.455 e. The molecule has 0 aliphatic heterocycles. The molecule has 0 saturated heterocycles. The monoisotopic (exact) mass is 473 g/mol. The van der Waals surface area contributed by atoms with Crippen LogP contribution in [-0.2, 0) is 10.0 Å². The lowest BCUT2D eigenvalue weighted by atomic mass is 10.1. The molecular weight excluding hydrogens is 450 g/mol. The molecule has 0 aliphatic carbocycles. The van der Waals surface area contributed by atoms with Gasteiger partial charge in [0.1, 0.15) is 11.5 Å². The highest BCUT2D eigenvalue weighted by Crippen LogP contribution is 2.27. The van der Waals surface area contributed by atoms with Crippen molar-refractivity contribution in [2.45, 2.75) is 11.8 Å². The Morgan fingerprint density at radius 2 is 1.74 bits per heavy atom. The number of carbonyl (C=O) groups excluding carboxylic acids is 1. The van der Waals surface area contributed by atoms with Crippen molar-refractivity contribution in [2.75, 3.05) is 16.7 Å². The predicted molar refractivity (Wildman–Crippen MR) is 132 cm³/mol. The first kappa shape index (κ1) is 23.0. The molecule has 0 fully saturated rings. The van der Waals surface area contributed by atoms with E-state index in [1.807, 2.05) is 13.0 Å². The van der Waals surface area contributed by atoms with Crippen molar-refractivity contribution in [2.24, 2.45) is 0 Å². The van der Waals surface area contributed by atoms with Crippen molar-refractivity contribution in [3.63, 3.8) is 0 Å². The lowest BCUT2D eigenvalue weighted by Crippen LogP contribution is -2.26. The zero-order valence-electron chi connectivity index (χ0n) is 18.7. The van der Waals surface area contributed by atoms with E-state index in [1.54, 1.807) is 79.1 Å². The second-order valence-electron chi connectivity index (χ2n) is 7.56. The SMILES string of the molecule is Cc1cc(NC(=O)c2cccc(S(=O)(=O)N(C)c3ccccc3)c2)ccc1Oc1cccnc1. The van der Waals surface area contributed by atoms with Crippen LogP contribution in [0.4, 0.5) is 11.4 Å². The molecule has 34 heavy (non-hydrogen) atoms. The van der Waals surface area contributed by atoms with E-state index >= 15 is 0 Å². The van der Waals surface area contributed by atoms with Crippen LogP contribution in [0.1, 0.15) is 15.9 Å². The van der Waals surface area contributed by atoms with Crippen molar-refractivity contribution >= 4 is 27.3 Å². The van der Waals surface area contributed by atoms with Crippen molar-refractivity contribution in [1.82, 2.24) is 4.98 Å². The van der Waals surface area contributed by atoms with Gasteiger partial charge in [0.25, 0.3) is 15.9 Å². The van der Waals surface area contributed by atoms with Crippen molar-refractivity contribution in [1.29, 1.82) is 0 Å². The summed E-state index contributed by atoms with van der Waals surface area (Å²) in [4.78, 5) is 16.9. The lowest BCUT2D eigenvalue weighted by Gasteiger charge is -2.19. The van der Waals surface area contributed by atoms with Crippen LogP contribution >= 0.6 is 0 Å². The van der Waals surface area contributed by atoms with E-state index in [0.717, 1.165) is 5.56 Å². The Hall–Kier alpha value is -4.17. The van der Waals surface area contributed by atoms with Gasteiger partial charge in [-0.3, -0.25) is 14.1 Å². The Kier molecular flexibility index (Phi) is 6.60. The number of amides is 1. The van der Waals surface area contributed by atoms with E-state index in [-0.39, 0.29) is 10.5 Å². The van der Waals surface area contributed by atoms with Crippen LogP contribution in [0.5, 0.6) is 11.5 Å². The molecule has 1 N–H and O–H groups in total. The number of aromatic nitrogens is 1. The summed E-state index contributed by atoms with van der Waals surface area (Å²) in [6.07, 6.45) is 3.28. The first-order chi connectivity index (χ1) is 16.3. The summed E-state index contributed by atoms with van der Waals surface area (Å²) in [7, 11) is -2.35. The molecule has 0 bridgehead atoms. The maximum Gasteiger partial charge on any atom is 0.264 e. The van der Waals surface area contributed by atoms with Crippen molar-refractivity contribution < 1.29 is 17.9 Å². The summed E-state index contributed by atoms with van der Waals surface area (Å²) < 4.78 is 33.2. The number of rotatable bonds is 7. The average Bonchev–Trinajstić information content (AvgIpc) is 2.86. The molecule has 0 spiro atoms. The van der Waals surface area contributed by atoms with Crippen LogP contribution in [0.3, 0.4) is 0 Å². The molecule has 0 aliphatic rings. The Balaban J connectivity index is 1.51. The maximum atomic E-state index is 13.1. The first-order valence-corrected chi connectivity index (χ1v) is 11.9. The van der Waals surface area contributed by atoms with Gasteiger partial charge < -0.3 is 10.1 Å². The molecular formula is C26H23N3O4S. The van der Waals surface area contributed by atoms with Gasteiger partial charge in [-0.2, -0.15) is 0 Å². The lowest BCUT2D eigenvalue weighted by molar-refractivity contribution is 0.102. The highest BCUT2D eigenvalue weighted by molar-refractivity contribution is 7.92. The van der Waals surface area contributed by atoms with Crippen LogP contribution in [-0.4, -0.2) is 26.4 Å². The molecule has 8 heteroatoms. The normalized spacial score (nSPS) is 11.0. The van der Waals surface area contributed by atoms with Gasteiger partial charge in [-0.15, -0.1) is 0 Å². The fraction of sp³-hybridized carbons (Fsp3) is 0.0769. The van der Waals surface area contributed by atoms with E-state index in [4.69, 9.17) is 4.74 Å². The predicted octanol–water partition coefficient (Wildman–Crippen LogP) is 5.26. The van der Waals surface area contributed by atoms with E-state index in [0.29, 0.717) is 22.9 Å². The van der Waals surface area contributed by atoms with Gasteiger partial charge in [-0.05, 0) is 73.2 Å². The molecule has 0 unspecified atom stereocenters. The number of hydrogen-bond donors (Lipinski definition) is 1. The van der Waals surface area contributed by atoms with Gasteiger partial charge in [-0.25, -0.2) is 8.42 Å². The number of nitrogens with one attached hydrogen (secondary N) is 1. The number of sulfonamides is 1. The molecule has 1 aromatic heterocycles. The smallest absolute Gasteiger partial charge is 0.264 e. The number of aryl methyl sites for hydroxylation is 1. The summed E-state index contributed by atoms with van der Waals surface area (Å²) in [6, 6.07) is 23.6. The molecule has 4 aromatic rings. The molecule has 0 atom stereocenters. The quantitative estimate of drug-likeness (QED) is 0.396. The summed E-state index contributed by atoms with van der Waals surface area (Å²) in [6.45, 7) is 1.87. The number of ether oxygens (including phenoxy) is 1. The number of pyridine rings is 1. The van der Waals surface area contributed by atoms with Gasteiger partial charge in [0.15, 0.2) is 0 Å². The zero-order valence-corrected chi connectivity index (χ0v) is 19.5. The van der Waals surface area contributed by atoms with E-state index in [2.05, 4.69) is 10.3 Å². The van der Waals surface area contributed by atoms with Gasteiger partial charge >= 0.3 is 0 Å². The highest BCUT2D eigenvalue weighted by Gasteiger charge is 2.22. The minimum atomic E-state index is -3.83. The standard InChI is InChI=1S/C26H23N3O4S/c1-19-16-21(13-14-25(19)33-23-11-7-15-27-18-23)28-26(30)20-8-6-12-24(17-20)34(31,32)29(2)22-9-4-3-5-10-22/h3-18H,1-2H3,(H,28,30). The van der Waals surface area contributed by atoms with Crippen molar-refractivity contribution in [3.8, 4) is 11.5 Å². The summed E-state index contributed by atoms with van der Waals surface area (Å²) in [5, 5.41) is 2.81. The van der Waals surface area contributed by atoms with Gasteiger partial charge in [0.2, 0.25) is 0 Å². The maximum absolute atomic E-state index is 13.1.